The molecule has 1 aromatic carbocycles. The van der Waals surface area contributed by atoms with E-state index in [1.54, 1.807) is 0 Å². The van der Waals surface area contributed by atoms with Crippen LogP contribution in [0.15, 0.2) is 24.3 Å². The summed E-state index contributed by atoms with van der Waals surface area (Å²) in [6.45, 7) is 0. The Morgan fingerprint density at radius 2 is 1.64 bits per heavy atom. The zero-order valence-electron chi connectivity index (χ0n) is 12.5. The highest BCUT2D eigenvalue weighted by molar-refractivity contribution is 6.33. The van der Waals surface area contributed by atoms with E-state index in [1.165, 1.54) is 38.5 Å². The molecule has 0 N–H and O–H groups in total. The van der Waals surface area contributed by atoms with Crippen molar-refractivity contribution in [1.82, 2.24) is 20.2 Å². The summed E-state index contributed by atoms with van der Waals surface area (Å²) in [6.07, 6.45) is 7.97. The average Bonchev–Trinajstić information content (AvgIpc) is 2.97. The fraction of sp³-hybridized carbons (Fsp3) is 0.588. The maximum absolute atomic E-state index is 6.27. The molecule has 4 saturated carbocycles. The largest absolute Gasteiger partial charge is 0.206 e. The molecule has 5 heteroatoms. The molecule has 4 aliphatic carbocycles. The van der Waals surface area contributed by atoms with Crippen molar-refractivity contribution in [3.05, 3.63) is 29.3 Å². The van der Waals surface area contributed by atoms with Gasteiger partial charge in [0.25, 0.3) is 0 Å². The molecule has 4 bridgehead atoms. The van der Waals surface area contributed by atoms with Crippen LogP contribution in [0.5, 0.6) is 0 Å². The summed E-state index contributed by atoms with van der Waals surface area (Å²) in [7, 11) is 0. The maximum atomic E-state index is 6.27. The first-order valence-corrected chi connectivity index (χ1v) is 8.65. The molecule has 0 spiro atoms. The predicted octanol–water partition coefficient (Wildman–Crippen LogP) is 3.92. The normalized spacial score (nSPS) is 36.0. The van der Waals surface area contributed by atoms with Gasteiger partial charge in [0.2, 0.25) is 5.82 Å². The minimum absolute atomic E-state index is 0.126. The van der Waals surface area contributed by atoms with Crippen LogP contribution in [0.2, 0.25) is 5.02 Å². The molecule has 0 aliphatic heterocycles. The first-order valence-electron chi connectivity index (χ1n) is 8.27. The van der Waals surface area contributed by atoms with E-state index < -0.39 is 0 Å². The Kier molecular flexibility index (Phi) is 2.70. The van der Waals surface area contributed by atoms with Gasteiger partial charge < -0.3 is 0 Å². The molecule has 0 unspecified atom stereocenters. The van der Waals surface area contributed by atoms with Gasteiger partial charge in [0, 0.05) is 5.56 Å². The zero-order valence-corrected chi connectivity index (χ0v) is 13.2. The molecule has 22 heavy (non-hydrogen) atoms. The Morgan fingerprint density at radius 3 is 2.27 bits per heavy atom. The zero-order chi connectivity index (χ0) is 14.7. The number of rotatable bonds is 2. The van der Waals surface area contributed by atoms with Gasteiger partial charge >= 0.3 is 0 Å². The van der Waals surface area contributed by atoms with E-state index in [-0.39, 0.29) is 5.54 Å². The average molecular weight is 315 g/mol. The Hall–Kier alpha value is -1.42. The number of hydrogen-bond donors (Lipinski definition) is 0. The van der Waals surface area contributed by atoms with Gasteiger partial charge in [-0.25, -0.2) is 0 Å². The SMILES string of the molecule is Clc1ccccc1-c1nnn(C23CC4CC(CC(C4)C2)C3)n1. The summed E-state index contributed by atoms with van der Waals surface area (Å²) < 4.78 is 0. The van der Waals surface area contributed by atoms with E-state index in [1.807, 2.05) is 29.1 Å². The van der Waals surface area contributed by atoms with Gasteiger partial charge in [-0.3, -0.25) is 0 Å². The lowest BCUT2D eigenvalue weighted by molar-refractivity contribution is -0.0573. The molecule has 0 amide bonds. The fourth-order valence-corrected chi connectivity index (χ4v) is 5.70. The summed E-state index contributed by atoms with van der Waals surface area (Å²) in [5, 5.41) is 14.2. The monoisotopic (exact) mass is 314 g/mol. The molecule has 0 radical (unpaired) electrons. The molecule has 2 aromatic rings. The highest BCUT2D eigenvalue weighted by atomic mass is 35.5. The maximum Gasteiger partial charge on any atom is 0.206 e. The van der Waals surface area contributed by atoms with Crippen molar-refractivity contribution in [2.75, 3.05) is 0 Å². The van der Waals surface area contributed by atoms with Crippen LogP contribution in [0.25, 0.3) is 11.4 Å². The van der Waals surface area contributed by atoms with Crippen molar-refractivity contribution < 1.29 is 0 Å². The van der Waals surface area contributed by atoms with Gasteiger partial charge in [0.1, 0.15) is 0 Å². The molecule has 114 valence electrons. The lowest BCUT2D eigenvalue weighted by Gasteiger charge is -2.55. The Balaban J connectivity index is 1.53. The van der Waals surface area contributed by atoms with Crippen molar-refractivity contribution >= 4 is 11.6 Å². The van der Waals surface area contributed by atoms with Gasteiger partial charge in [-0.2, -0.15) is 4.80 Å². The first-order chi connectivity index (χ1) is 10.7. The molecule has 6 rings (SSSR count). The summed E-state index contributed by atoms with van der Waals surface area (Å²) in [5.74, 6) is 3.28. The quantitative estimate of drug-likeness (QED) is 0.844. The van der Waals surface area contributed by atoms with E-state index in [0.29, 0.717) is 10.8 Å². The minimum Gasteiger partial charge on any atom is -0.158 e. The molecule has 0 saturated heterocycles. The van der Waals surface area contributed by atoms with Crippen molar-refractivity contribution in [3.8, 4) is 11.4 Å². The van der Waals surface area contributed by atoms with Crippen molar-refractivity contribution in [3.63, 3.8) is 0 Å². The lowest BCUT2D eigenvalue weighted by Crippen LogP contribution is -2.52. The molecular formula is C17H19ClN4. The number of benzene rings is 1. The number of aromatic nitrogens is 4. The third-order valence-corrected chi connectivity index (χ3v) is 6.29. The van der Waals surface area contributed by atoms with Crippen LogP contribution < -0.4 is 0 Å². The number of hydrogen-bond acceptors (Lipinski definition) is 3. The van der Waals surface area contributed by atoms with Crippen LogP contribution in [0, 0.1) is 17.8 Å². The molecule has 4 fully saturated rings. The van der Waals surface area contributed by atoms with Crippen molar-refractivity contribution in [2.45, 2.75) is 44.1 Å². The smallest absolute Gasteiger partial charge is 0.158 e. The molecule has 4 nitrogen and oxygen atoms in total. The number of nitrogens with zero attached hydrogens (tertiary/aromatic N) is 4. The van der Waals surface area contributed by atoms with Crippen molar-refractivity contribution in [2.24, 2.45) is 17.8 Å². The number of tetrazole rings is 1. The highest BCUT2D eigenvalue weighted by Crippen LogP contribution is 2.58. The Morgan fingerprint density at radius 1 is 1.00 bits per heavy atom. The summed E-state index contributed by atoms with van der Waals surface area (Å²) >= 11 is 6.27. The third-order valence-electron chi connectivity index (χ3n) is 5.96. The minimum atomic E-state index is 0.126. The molecular weight excluding hydrogens is 296 g/mol. The van der Waals surface area contributed by atoms with Crippen molar-refractivity contribution in [1.29, 1.82) is 0 Å². The predicted molar refractivity (Wildman–Crippen MR) is 84.4 cm³/mol. The highest BCUT2D eigenvalue weighted by Gasteiger charge is 2.53. The van der Waals surface area contributed by atoms with E-state index in [2.05, 4.69) is 10.3 Å². The van der Waals surface area contributed by atoms with E-state index in [4.69, 9.17) is 16.7 Å². The van der Waals surface area contributed by atoms with Gasteiger partial charge in [-0.15, -0.1) is 10.2 Å². The molecule has 1 aromatic heterocycles. The molecule has 0 atom stereocenters. The first kappa shape index (κ1) is 13.1. The van der Waals surface area contributed by atoms with Crippen LogP contribution in [0.1, 0.15) is 38.5 Å². The fourth-order valence-electron chi connectivity index (χ4n) is 5.48. The van der Waals surface area contributed by atoms with Crippen LogP contribution in [-0.4, -0.2) is 20.2 Å². The van der Waals surface area contributed by atoms with Gasteiger partial charge in [-0.1, -0.05) is 23.7 Å². The molecule has 1 heterocycles. The van der Waals surface area contributed by atoms with Gasteiger partial charge in [0.15, 0.2) is 0 Å². The third kappa shape index (κ3) is 1.86. The second-order valence-electron chi connectivity index (χ2n) is 7.52. The van der Waals surface area contributed by atoms with Crippen LogP contribution in [0.4, 0.5) is 0 Å². The van der Waals surface area contributed by atoms with E-state index in [9.17, 15) is 0 Å². The topological polar surface area (TPSA) is 43.6 Å². The van der Waals surface area contributed by atoms with E-state index in [0.717, 1.165) is 23.3 Å². The second-order valence-corrected chi connectivity index (χ2v) is 7.93. The molecule has 4 aliphatic rings. The Labute approximate surface area is 134 Å². The van der Waals surface area contributed by atoms with E-state index >= 15 is 0 Å². The van der Waals surface area contributed by atoms with Gasteiger partial charge in [0.05, 0.1) is 10.6 Å². The number of halogens is 1. The van der Waals surface area contributed by atoms with Crippen LogP contribution in [0.3, 0.4) is 0 Å². The van der Waals surface area contributed by atoms with Crippen LogP contribution >= 0.6 is 11.6 Å². The summed E-state index contributed by atoms with van der Waals surface area (Å²) in [6, 6.07) is 7.73. The standard InChI is InChI=1S/C17H19ClN4/c18-15-4-2-1-3-14(15)16-19-21-22(20-16)17-8-11-5-12(9-17)7-13(6-11)10-17/h1-4,11-13H,5-10H2. The summed E-state index contributed by atoms with van der Waals surface area (Å²) in [5.41, 5.74) is 1.00. The van der Waals surface area contributed by atoms with Crippen LogP contribution in [-0.2, 0) is 5.54 Å². The Bertz CT molecular complexity index is 688. The summed E-state index contributed by atoms with van der Waals surface area (Å²) in [4.78, 5) is 1.94. The van der Waals surface area contributed by atoms with Gasteiger partial charge in [-0.05, 0) is 73.6 Å². The second kappa shape index (κ2) is 4.54. The lowest BCUT2D eigenvalue weighted by atomic mass is 9.53.